The summed E-state index contributed by atoms with van der Waals surface area (Å²) in [4.78, 5) is 13.9. The lowest BCUT2D eigenvalue weighted by Crippen LogP contribution is -2.50. The third-order valence-electron chi connectivity index (χ3n) is 5.46. The van der Waals surface area contributed by atoms with Crippen molar-refractivity contribution >= 4 is 15.9 Å². The highest BCUT2D eigenvalue weighted by atomic mass is 32.2. The lowest BCUT2D eigenvalue weighted by Gasteiger charge is -2.34. The second-order valence-corrected chi connectivity index (χ2v) is 9.59. The van der Waals surface area contributed by atoms with E-state index < -0.39 is 26.6 Å². The molecule has 0 radical (unpaired) electrons. The minimum atomic E-state index is -4.25. The molecule has 4 rings (SSSR count). The molecule has 34 heavy (non-hydrogen) atoms. The summed E-state index contributed by atoms with van der Waals surface area (Å²) >= 11 is 0. The molecule has 0 aliphatic carbocycles. The maximum atomic E-state index is 14.0. The Morgan fingerprint density at radius 2 is 1.50 bits per heavy atom. The molecule has 3 aromatic rings. The van der Waals surface area contributed by atoms with Crippen molar-refractivity contribution in [3.8, 4) is 5.75 Å². The lowest BCUT2D eigenvalue weighted by molar-refractivity contribution is 0.0693. The predicted octanol–water partition coefficient (Wildman–Crippen LogP) is 3.83. The third-order valence-corrected chi connectivity index (χ3v) is 7.38. The van der Waals surface area contributed by atoms with Gasteiger partial charge >= 0.3 is 0 Å². The van der Waals surface area contributed by atoms with E-state index in [9.17, 15) is 26.4 Å². The minimum Gasteiger partial charge on any atom is -0.488 e. The standard InChI is InChI=1S/C24H21F3N2O4S/c25-18-7-5-17(6-8-18)16-33-22-4-2-1-3-20(22)24(30)28-11-13-29(14-12-28)34(31,32)23-15-19(26)9-10-21(23)27/h1-10,15H,11-14,16H2. The van der Waals surface area contributed by atoms with Crippen LogP contribution in [0.4, 0.5) is 13.2 Å². The van der Waals surface area contributed by atoms with E-state index in [4.69, 9.17) is 4.74 Å². The average molecular weight is 491 g/mol. The highest BCUT2D eigenvalue weighted by molar-refractivity contribution is 7.89. The molecule has 1 fully saturated rings. The zero-order valence-corrected chi connectivity index (χ0v) is 18.8. The summed E-state index contributed by atoms with van der Waals surface area (Å²) in [5.74, 6) is -2.25. The number of nitrogens with zero attached hydrogens (tertiary/aromatic N) is 2. The van der Waals surface area contributed by atoms with Gasteiger partial charge in [-0.3, -0.25) is 4.79 Å². The Hall–Kier alpha value is -3.37. The van der Waals surface area contributed by atoms with Gasteiger partial charge in [0.05, 0.1) is 5.56 Å². The van der Waals surface area contributed by atoms with Crippen LogP contribution in [0.25, 0.3) is 0 Å². The summed E-state index contributed by atoms with van der Waals surface area (Å²) in [7, 11) is -4.25. The molecule has 178 valence electrons. The number of benzene rings is 3. The number of hydrogen-bond donors (Lipinski definition) is 0. The van der Waals surface area contributed by atoms with E-state index in [1.54, 1.807) is 36.4 Å². The van der Waals surface area contributed by atoms with Gasteiger partial charge in [0.1, 0.15) is 34.7 Å². The molecule has 6 nitrogen and oxygen atoms in total. The highest BCUT2D eigenvalue weighted by Crippen LogP contribution is 2.25. The van der Waals surface area contributed by atoms with Crippen LogP contribution < -0.4 is 4.74 Å². The number of ether oxygens (including phenoxy) is 1. The molecule has 0 atom stereocenters. The average Bonchev–Trinajstić information content (AvgIpc) is 2.85. The Morgan fingerprint density at radius 3 is 2.21 bits per heavy atom. The van der Waals surface area contributed by atoms with Crippen molar-refractivity contribution in [3.63, 3.8) is 0 Å². The zero-order chi connectivity index (χ0) is 24.3. The molecular weight excluding hydrogens is 469 g/mol. The summed E-state index contributed by atoms with van der Waals surface area (Å²) in [5, 5.41) is 0. The van der Waals surface area contributed by atoms with Crippen molar-refractivity contribution in [3.05, 3.63) is 95.3 Å². The van der Waals surface area contributed by atoms with Crippen LogP contribution in [0, 0.1) is 17.5 Å². The monoisotopic (exact) mass is 490 g/mol. The number of sulfonamides is 1. The number of rotatable bonds is 6. The Bertz CT molecular complexity index is 1290. The van der Waals surface area contributed by atoms with Gasteiger partial charge in [0, 0.05) is 26.2 Å². The molecule has 0 spiro atoms. The van der Waals surface area contributed by atoms with E-state index in [0.717, 1.165) is 22.0 Å². The molecule has 10 heteroatoms. The summed E-state index contributed by atoms with van der Waals surface area (Å²) < 4.78 is 73.0. The van der Waals surface area contributed by atoms with Gasteiger partial charge in [-0.25, -0.2) is 21.6 Å². The first-order valence-corrected chi connectivity index (χ1v) is 11.9. The molecular formula is C24H21F3N2O4S. The van der Waals surface area contributed by atoms with E-state index in [2.05, 4.69) is 0 Å². The molecule has 0 saturated carbocycles. The van der Waals surface area contributed by atoms with Gasteiger partial charge in [-0.2, -0.15) is 4.31 Å². The van der Waals surface area contributed by atoms with E-state index in [1.807, 2.05) is 0 Å². The summed E-state index contributed by atoms with van der Waals surface area (Å²) in [6.45, 7) is 0.143. The van der Waals surface area contributed by atoms with Crippen LogP contribution in [0.1, 0.15) is 15.9 Å². The Labute approximate surface area is 195 Å². The number of hydrogen-bond acceptors (Lipinski definition) is 4. The fourth-order valence-electron chi connectivity index (χ4n) is 3.63. The summed E-state index contributed by atoms with van der Waals surface area (Å²) in [6.07, 6.45) is 0. The number of carbonyl (C=O) groups is 1. The van der Waals surface area contributed by atoms with Crippen molar-refractivity contribution in [2.75, 3.05) is 26.2 Å². The van der Waals surface area contributed by atoms with E-state index in [1.165, 1.54) is 17.0 Å². The number of piperazine rings is 1. The topological polar surface area (TPSA) is 66.9 Å². The smallest absolute Gasteiger partial charge is 0.257 e. The first kappa shape index (κ1) is 23.8. The van der Waals surface area contributed by atoms with Crippen molar-refractivity contribution in [1.29, 1.82) is 0 Å². The predicted molar refractivity (Wildman–Crippen MR) is 118 cm³/mol. The first-order chi connectivity index (χ1) is 16.3. The molecule has 0 N–H and O–H groups in total. The molecule has 3 aromatic carbocycles. The molecule has 1 heterocycles. The maximum Gasteiger partial charge on any atom is 0.257 e. The third kappa shape index (κ3) is 5.07. The van der Waals surface area contributed by atoms with Gasteiger partial charge in [0.25, 0.3) is 5.91 Å². The van der Waals surface area contributed by atoms with Gasteiger partial charge in [-0.05, 0) is 48.0 Å². The first-order valence-electron chi connectivity index (χ1n) is 10.5. The van der Waals surface area contributed by atoms with Gasteiger partial charge in [-0.1, -0.05) is 24.3 Å². The zero-order valence-electron chi connectivity index (χ0n) is 18.0. The molecule has 0 aromatic heterocycles. The lowest BCUT2D eigenvalue weighted by atomic mass is 10.1. The number of para-hydroxylation sites is 1. The highest BCUT2D eigenvalue weighted by Gasteiger charge is 2.33. The van der Waals surface area contributed by atoms with Crippen LogP contribution in [0.15, 0.2) is 71.6 Å². The molecule has 0 unspecified atom stereocenters. The fourth-order valence-corrected chi connectivity index (χ4v) is 5.12. The van der Waals surface area contributed by atoms with Gasteiger partial charge in [0.15, 0.2) is 0 Å². The van der Waals surface area contributed by atoms with Gasteiger partial charge < -0.3 is 9.64 Å². The van der Waals surface area contributed by atoms with Crippen LogP contribution in [-0.2, 0) is 16.6 Å². The van der Waals surface area contributed by atoms with E-state index in [-0.39, 0.29) is 44.5 Å². The van der Waals surface area contributed by atoms with Crippen LogP contribution in [-0.4, -0.2) is 49.7 Å². The normalized spacial score (nSPS) is 14.7. The maximum absolute atomic E-state index is 14.0. The molecule has 1 aliphatic heterocycles. The Morgan fingerprint density at radius 1 is 0.853 bits per heavy atom. The molecule has 1 aliphatic rings. The van der Waals surface area contributed by atoms with E-state index >= 15 is 0 Å². The number of carbonyl (C=O) groups excluding carboxylic acids is 1. The summed E-state index contributed by atoms with van der Waals surface area (Å²) in [6, 6.07) is 14.7. The minimum absolute atomic E-state index is 0.0668. The number of halogens is 3. The molecule has 0 bridgehead atoms. The quantitative estimate of drug-likeness (QED) is 0.527. The number of amides is 1. The van der Waals surface area contributed by atoms with Crippen molar-refractivity contribution in [2.24, 2.45) is 0 Å². The van der Waals surface area contributed by atoms with Crippen molar-refractivity contribution in [2.45, 2.75) is 11.5 Å². The van der Waals surface area contributed by atoms with Crippen LogP contribution in [0.5, 0.6) is 5.75 Å². The Kier molecular flexibility index (Phi) is 6.90. The van der Waals surface area contributed by atoms with E-state index in [0.29, 0.717) is 17.4 Å². The van der Waals surface area contributed by atoms with Gasteiger partial charge in [0.2, 0.25) is 10.0 Å². The van der Waals surface area contributed by atoms with Crippen molar-refractivity contribution < 1.29 is 31.1 Å². The molecule has 1 saturated heterocycles. The molecule has 1 amide bonds. The Balaban J connectivity index is 1.44. The second kappa shape index (κ2) is 9.86. The van der Waals surface area contributed by atoms with Crippen molar-refractivity contribution in [1.82, 2.24) is 9.21 Å². The van der Waals surface area contributed by atoms with Crippen LogP contribution in [0.3, 0.4) is 0 Å². The van der Waals surface area contributed by atoms with Crippen LogP contribution >= 0.6 is 0 Å². The SMILES string of the molecule is O=C(c1ccccc1OCc1ccc(F)cc1)N1CCN(S(=O)(=O)c2cc(F)ccc2F)CC1. The fraction of sp³-hybridized carbons (Fsp3) is 0.208. The second-order valence-electron chi connectivity index (χ2n) is 7.68. The van der Waals surface area contributed by atoms with Gasteiger partial charge in [-0.15, -0.1) is 0 Å². The summed E-state index contributed by atoms with van der Waals surface area (Å²) in [5.41, 5.74) is 1.03. The van der Waals surface area contributed by atoms with Crippen LogP contribution in [0.2, 0.25) is 0 Å². The largest absolute Gasteiger partial charge is 0.488 e.